The van der Waals surface area contributed by atoms with Crippen molar-refractivity contribution in [2.45, 2.75) is 6.18 Å². The summed E-state index contributed by atoms with van der Waals surface area (Å²) in [5.41, 5.74) is -1.25. The van der Waals surface area contributed by atoms with Gasteiger partial charge in [0.15, 0.2) is 5.17 Å². The van der Waals surface area contributed by atoms with Crippen molar-refractivity contribution in [2.24, 2.45) is 4.99 Å². The SMILES string of the molecule is O=C1NC(=Nc2ccc(Cl)cc2C(F)(F)F)S/C1=C\c1cccs1. The van der Waals surface area contributed by atoms with Gasteiger partial charge in [-0.1, -0.05) is 17.7 Å². The van der Waals surface area contributed by atoms with Crippen LogP contribution in [0, 0.1) is 0 Å². The first kappa shape index (κ1) is 17.1. The normalized spacial score (nSPS) is 18.4. The minimum absolute atomic E-state index is 0.0346. The van der Waals surface area contributed by atoms with Gasteiger partial charge in [-0.05, 0) is 47.5 Å². The lowest BCUT2D eigenvalue weighted by molar-refractivity contribution is -0.137. The molecule has 1 amide bonds. The van der Waals surface area contributed by atoms with E-state index < -0.39 is 17.6 Å². The van der Waals surface area contributed by atoms with Crippen molar-refractivity contribution in [1.29, 1.82) is 0 Å². The number of amidine groups is 1. The third kappa shape index (κ3) is 3.82. The second-order valence-electron chi connectivity index (χ2n) is 4.66. The summed E-state index contributed by atoms with van der Waals surface area (Å²) in [6, 6.07) is 6.98. The molecule has 1 N–H and O–H groups in total. The van der Waals surface area contributed by atoms with Crippen LogP contribution in [0.1, 0.15) is 10.4 Å². The summed E-state index contributed by atoms with van der Waals surface area (Å²) < 4.78 is 39.2. The molecule has 2 heterocycles. The highest BCUT2D eigenvalue weighted by Gasteiger charge is 2.34. The van der Waals surface area contributed by atoms with Gasteiger partial charge in [-0.2, -0.15) is 13.2 Å². The maximum atomic E-state index is 13.1. The number of benzene rings is 1. The molecule has 0 bridgehead atoms. The van der Waals surface area contributed by atoms with Crippen molar-refractivity contribution in [3.8, 4) is 0 Å². The molecule has 0 radical (unpaired) electrons. The van der Waals surface area contributed by atoms with E-state index in [0.29, 0.717) is 4.91 Å². The molecule has 1 aliphatic heterocycles. The molecule has 9 heteroatoms. The van der Waals surface area contributed by atoms with E-state index in [0.717, 1.165) is 22.7 Å². The highest BCUT2D eigenvalue weighted by Crippen LogP contribution is 2.39. The molecule has 2 aromatic rings. The van der Waals surface area contributed by atoms with E-state index in [9.17, 15) is 18.0 Å². The fourth-order valence-corrected chi connectivity index (χ4v) is 3.65. The van der Waals surface area contributed by atoms with Crippen molar-refractivity contribution in [3.63, 3.8) is 0 Å². The Kier molecular flexibility index (Phi) is 4.71. The van der Waals surface area contributed by atoms with Crippen LogP contribution in [0.2, 0.25) is 5.02 Å². The van der Waals surface area contributed by atoms with Crippen LogP contribution in [0.15, 0.2) is 45.6 Å². The second kappa shape index (κ2) is 6.62. The first-order valence-electron chi connectivity index (χ1n) is 6.53. The van der Waals surface area contributed by atoms with Gasteiger partial charge in [0, 0.05) is 9.90 Å². The molecule has 0 spiro atoms. The minimum atomic E-state index is -4.59. The Bertz CT molecular complexity index is 845. The summed E-state index contributed by atoms with van der Waals surface area (Å²) in [6.45, 7) is 0. The lowest BCUT2D eigenvalue weighted by Crippen LogP contribution is -2.19. The van der Waals surface area contributed by atoms with Crippen LogP contribution < -0.4 is 5.32 Å². The first-order chi connectivity index (χ1) is 11.3. The number of alkyl halides is 3. The van der Waals surface area contributed by atoms with Gasteiger partial charge < -0.3 is 5.32 Å². The Labute approximate surface area is 148 Å². The van der Waals surface area contributed by atoms with E-state index in [1.54, 1.807) is 6.08 Å². The summed E-state index contributed by atoms with van der Waals surface area (Å²) in [5, 5.41) is 4.39. The molecular formula is C15H8ClF3N2OS2. The van der Waals surface area contributed by atoms with Crippen molar-refractivity contribution < 1.29 is 18.0 Å². The van der Waals surface area contributed by atoms with Gasteiger partial charge in [-0.15, -0.1) is 11.3 Å². The number of nitrogens with one attached hydrogen (secondary N) is 1. The van der Waals surface area contributed by atoms with E-state index in [1.165, 1.54) is 23.5 Å². The number of carbonyl (C=O) groups is 1. The fourth-order valence-electron chi connectivity index (χ4n) is 1.93. The number of halogens is 4. The number of amides is 1. The topological polar surface area (TPSA) is 41.5 Å². The van der Waals surface area contributed by atoms with E-state index >= 15 is 0 Å². The number of aliphatic imine (C=N–C) groups is 1. The average Bonchev–Trinajstić information content (AvgIpc) is 3.11. The smallest absolute Gasteiger partial charge is 0.300 e. The molecule has 1 aromatic heterocycles. The lowest BCUT2D eigenvalue weighted by Gasteiger charge is -2.10. The van der Waals surface area contributed by atoms with Gasteiger partial charge >= 0.3 is 6.18 Å². The Morgan fingerprint density at radius 1 is 1.25 bits per heavy atom. The van der Waals surface area contributed by atoms with Gasteiger partial charge in [-0.3, -0.25) is 4.79 Å². The van der Waals surface area contributed by atoms with Crippen LogP contribution in [0.4, 0.5) is 18.9 Å². The maximum Gasteiger partial charge on any atom is 0.418 e. The molecule has 1 fully saturated rings. The number of carbonyl (C=O) groups excluding carboxylic acids is 1. The van der Waals surface area contributed by atoms with Crippen LogP contribution in [0.5, 0.6) is 0 Å². The number of hydrogen-bond acceptors (Lipinski definition) is 4. The lowest BCUT2D eigenvalue weighted by atomic mass is 10.2. The molecule has 0 atom stereocenters. The van der Waals surface area contributed by atoms with E-state index in [2.05, 4.69) is 10.3 Å². The second-order valence-corrected chi connectivity index (χ2v) is 7.10. The Morgan fingerprint density at radius 2 is 2.04 bits per heavy atom. The summed E-state index contributed by atoms with van der Waals surface area (Å²) >= 11 is 8.08. The third-order valence-corrected chi connectivity index (χ3v) is 4.92. The predicted octanol–water partition coefficient (Wildman–Crippen LogP) is 5.31. The van der Waals surface area contributed by atoms with Crippen molar-refractivity contribution in [1.82, 2.24) is 5.32 Å². The number of thioether (sulfide) groups is 1. The molecule has 3 rings (SSSR count). The molecule has 3 nitrogen and oxygen atoms in total. The van der Waals surface area contributed by atoms with Gasteiger partial charge in [0.05, 0.1) is 16.2 Å². The Balaban J connectivity index is 1.92. The Hall–Kier alpha value is -1.77. The molecule has 24 heavy (non-hydrogen) atoms. The van der Waals surface area contributed by atoms with Crippen LogP contribution in [0.3, 0.4) is 0 Å². The summed E-state index contributed by atoms with van der Waals surface area (Å²) in [6.07, 6.45) is -2.92. The number of hydrogen-bond donors (Lipinski definition) is 1. The number of thiophene rings is 1. The van der Waals surface area contributed by atoms with E-state index in [-0.39, 0.29) is 15.9 Å². The highest BCUT2D eigenvalue weighted by molar-refractivity contribution is 8.18. The molecule has 0 saturated carbocycles. The van der Waals surface area contributed by atoms with E-state index in [4.69, 9.17) is 11.6 Å². The highest BCUT2D eigenvalue weighted by atomic mass is 35.5. The maximum absolute atomic E-state index is 13.1. The standard InChI is InChI=1S/C15H8ClF3N2OS2/c16-8-3-4-11(10(6-8)15(17,18)19)20-14-21-13(22)12(24-14)7-9-2-1-5-23-9/h1-7H,(H,20,21,22)/b12-7-. The average molecular weight is 389 g/mol. The van der Waals surface area contributed by atoms with Crippen molar-refractivity contribution in [3.05, 3.63) is 56.1 Å². The van der Waals surface area contributed by atoms with Crippen molar-refractivity contribution >= 4 is 57.5 Å². The Morgan fingerprint density at radius 3 is 2.71 bits per heavy atom. The zero-order valence-corrected chi connectivity index (χ0v) is 14.1. The first-order valence-corrected chi connectivity index (χ1v) is 8.60. The molecular weight excluding hydrogens is 381 g/mol. The molecule has 1 saturated heterocycles. The molecule has 0 aliphatic carbocycles. The van der Waals surface area contributed by atoms with Crippen LogP contribution in [-0.4, -0.2) is 11.1 Å². The minimum Gasteiger partial charge on any atom is -0.300 e. The summed E-state index contributed by atoms with van der Waals surface area (Å²) in [4.78, 5) is 17.1. The van der Waals surface area contributed by atoms with Crippen LogP contribution >= 0.6 is 34.7 Å². The third-order valence-electron chi connectivity index (χ3n) is 2.95. The van der Waals surface area contributed by atoms with Crippen molar-refractivity contribution in [2.75, 3.05) is 0 Å². The van der Waals surface area contributed by atoms with Gasteiger partial charge in [0.25, 0.3) is 5.91 Å². The predicted molar refractivity (Wildman–Crippen MR) is 91.6 cm³/mol. The van der Waals surface area contributed by atoms with Gasteiger partial charge in [0.2, 0.25) is 0 Å². The monoisotopic (exact) mass is 388 g/mol. The summed E-state index contributed by atoms with van der Waals surface area (Å²) in [5.74, 6) is -0.394. The zero-order valence-electron chi connectivity index (χ0n) is 11.7. The molecule has 1 aromatic carbocycles. The largest absolute Gasteiger partial charge is 0.418 e. The molecule has 1 aliphatic rings. The number of nitrogens with zero attached hydrogens (tertiary/aromatic N) is 1. The fraction of sp³-hybridized carbons (Fsp3) is 0.0667. The van der Waals surface area contributed by atoms with Gasteiger partial charge in [0.1, 0.15) is 0 Å². The quantitative estimate of drug-likeness (QED) is 0.708. The summed E-state index contributed by atoms with van der Waals surface area (Å²) in [7, 11) is 0. The number of rotatable bonds is 2. The van der Waals surface area contributed by atoms with Crippen LogP contribution in [-0.2, 0) is 11.0 Å². The van der Waals surface area contributed by atoms with Gasteiger partial charge in [-0.25, -0.2) is 4.99 Å². The molecule has 0 unspecified atom stereocenters. The zero-order chi connectivity index (χ0) is 17.3. The molecule has 124 valence electrons. The van der Waals surface area contributed by atoms with Crippen LogP contribution in [0.25, 0.3) is 6.08 Å². The van der Waals surface area contributed by atoms with E-state index in [1.807, 2.05) is 17.5 Å².